The topological polar surface area (TPSA) is 219 Å². The molecular formula is C31H30N4O10. The lowest BCUT2D eigenvalue weighted by atomic mass is 9.81. The van der Waals surface area contributed by atoms with E-state index >= 15 is 0 Å². The number of carboxylic acids is 1. The molecule has 3 aromatic rings. The number of pyridine rings is 1. The van der Waals surface area contributed by atoms with Crippen molar-refractivity contribution in [1.29, 1.82) is 0 Å². The highest BCUT2D eigenvalue weighted by molar-refractivity contribution is 6.08. The summed E-state index contributed by atoms with van der Waals surface area (Å²) in [6.07, 6.45) is 2.27. The molecule has 3 atom stereocenters. The van der Waals surface area contributed by atoms with Gasteiger partial charge in [-0.2, -0.15) is 0 Å². The number of nitrogens with one attached hydrogen (secondary N) is 2. The second kappa shape index (κ2) is 12.1. The Balaban J connectivity index is 1.23. The number of hydrogen-bond donors (Lipinski definition) is 7. The molecule has 5 rings (SSSR count). The van der Waals surface area contributed by atoms with Gasteiger partial charge < -0.3 is 45.8 Å². The van der Waals surface area contributed by atoms with Crippen LogP contribution in [0.25, 0.3) is 6.08 Å². The number of carboxylic acid groups (broad SMARTS) is 1. The maximum atomic E-state index is 13.1. The number of aliphatic carboxylic acids is 1. The van der Waals surface area contributed by atoms with Crippen LogP contribution in [0.1, 0.15) is 40.5 Å². The number of amides is 3. The third-order valence-electron chi connectivity index (χ3n) is 7.86. The highest BCUT2D eigenvalue weighted by atomic mass is 16.5. The first kappa shape index (κ1) is 30.7. The molecule has 234 valence electrons. The first-order chi connectivity index (χ1) is 21.4. The fraction of sp³-hybridized carbons (Fsp3) is 0.258. The number of phenols is 4. The number of aromatic nitrogens is 1. The fourth-order valence-electron chi connectivity index (χ4n) is 5.55. The predicted molar refractivity (Wildman–Crippen MR) is 156 cm³/mol. The van der Waals surface area contributed by atoms with Gasteiger partial charge in [0.2, 0.25) is 0 Å². The van der Waals surface area contributed by atoms with Crippen molar-refractivity contribution in [2.45, 2.75) is 38.5 Å². The summed E-state index contributed by atoms with van der Waals surface area (Å²) >= 11 is 0. The van der Waals surface area contributed by atoms with Gasteiger partial charge in [-0.3, -0.25) is 14.6 Å². The van der Waals surface area contributed by atoms with Gasteiger partial charge in [0, 0.05) is 35.8 Å². The fourth-order valence-corrected chi connectivity index (χ4v) is 5.55. The van der Waals surface area contributed by atoms with Gasteiger partial charge in [-0.05, 0) is 60.0 Å². The van der Waals surface area contributed by atoms with Crippen LogP contribution in [0.3, 0.4) is 0 Å². The third-order valence-corrected chi connectivity index (χ3v) is 7.86. The van der Waals surface area contributed by atoms with E-state index in [1.54, 1.807) is 13.0 Å². The molecule has 7 N–H and O–H groups in total. The first-order valence-electron chi connectivity index (χ1n) is 13.8. The van der Waals surface area contributed by atoms with E-state index < -0.39 is 41.4 Å². The number of hydrogen-bond acceptors (Lipinski definition) is 10. The summed E-state index contributed by atoms with van der Waals surface area (Å²) in [5, 5.41) is 53.3. The molecule has 1 unspecified atom stereocenters. The number of nitrogens with zero attached hydrogens (tertiary/aromatic N) is 2. The average Bonchev–Trinajstić information content (AvgIpc) is 3.30. The summed E-state index contributed by atoms with van der Waals surface area (Å²) in [6, 6.07) is 9.38. The van der Waals surface area contributed by atoms with Crippen molar-refractivity contribution >= 4 is 30.0 Å². The van der Waals surface area contributed by atoms with Crippen LogP contribution in [0.2, 0.25) is 0 Å². The average molecular weight is 619 g/mol. The van der Waals surface area contributed by atoms with E-state index in [1.807, 2.05) is 0 Å². The van der Waals surface area contributed by atoms with Crippen LogP contribution in [0, 0.1) is 5.41 Å². The van der Waals surface area contributed by atoms with Gasteiger partial charge in [0.15, 0.2) is 23.0 Å². The van der Waals surface area contributed by atoms with Gasteiger partial charge in [-0.15, -0.1) is 0 Å². The molecule has 2 aromatic carbocycles. The smallest absolute Gasteiger partial charge is 0.407 e. The highest BCUT2D eigenvalue weighted by Gasteiger charge is 2.62. The van der Waals surface area contributed by atoms with Crippen molar-refractivity contribution in [2.24, 2.45) is 5.41 Å². The van der Waals surface area contributed by atoms with Crippen LogP contribution >= 0.6 is 0 Å². The minimum absolute atomic E-state index is 0.0175. The lowest BCUT2D eigenvalue weighted by Crippen LogP contribution is -2.58. The van der Waals surface area contributed by atoms with Crippen LogP contribution in [0.5, 0.6) is 23.0 Å². The third kappa shape index (κ3) is 6.30. The van der Waals surface area contributed by atoms with Crippen molar-refractivity contribution in [2.75, 3.05) is 6.61 Å². The molecule has 0 spiro atoms. The van der Waals surface area contributed by atoms with Gasteiger partial charge in [0.1, 0.15) is 12.6 Å². The van der Waals surface area contributed by atoms with Crippen LogP contribution in [0.15, 0.2) is 60.3 Å². The Labute approximate surface area is 256 Å². The lowest BCUT2D eigenvalue weighted by Gasteiger charge is -2.40. The van der Waals surface area contributed by atoms with Crippen molar-refractivity contribution in [3.8, 4) is 23.0 Å². The number of aromatic hydroxyl groups is 4. The van der Waals surface area contributed by atoms with E-state index in [1.165, 1.54) is 59.6 Å². The van der Waals surface area contributed by atoms with Crippen LogP contribution in [-0.4, -0.2) is 78.0 Å². The summed E-state index contributed by atoms with van der Waals surface area (Å²) in [5.74, 6) is -3.42. The summed E-state index contributed by atoms with van der Waals surface area (Å²) < 4.78 is 5.34. The minimum Gasteiger partial charge on any atom is -0.504 e. The van der Waals surface area contributed by atoms with Crippen molar-refractivity contribution in [3.63, 3.8) is 0 Å². The molecular weight excluding hydrogens is 588 g/mol. The number of carbonyl (C=O) groups is 4. The first-order valence-corrected chi connectivity index (χ1v) is 13.8. The Morgan fingerprint density at radius 1 is 0.956 bits per heavy atom. The molecule has 3 heterocycles. The second-order valence-electron chi connectivity index (χ2n) is 11.2. The van der Waals surface area contributed by atoms with Crippen molar-refractivity contribution in [1.82, 2.24) is 20.5 Å². The van der Waals surface area contributed by atoms with E-state index in [0.717, 1.165) is 0 Å². The highest BCUT2D eigenvalue weighted by Crippen LogP contribution is 2.50. The molecule has 3 amide bonds. The molecule has 45 heavy (non-hydrogen) atoms. The molecule has 14 heteroatoms. The Hall–Kier alpha value is -5.79. The maximum absolute atomic E-state index is 13.1. The number of β-lactam (4-membered cyclic amide) rings is 1. The molecule has 0 aliphatic carbocycles. The summed E-state index contributed by atoms with van der Waals surface area (Å²) in [5.41, 5.74) is 0.815. The van der Waals surface area contributed by atoms with E-state index in [9.17, 15) is 44.7 Å². The minimum atomic E-state index is -1.25. The summed E-state index contributed by atoms with van der Waals surface area (Å²) in [4.78, 5) is 56.0. The zero-order valence-corrected chi connectivity index (χ0v) is 23.9. The van der Waals surface area contributed by atoms with Crippen LogP contribution < -0.4 is 10.6 Å². The Morgan fingerprint density at radius 3 is 2.18 bits per heavy atom. The molecule has 2 fully saturated rings. The SMILES string of the molecule is C[C@@]1(COC(=O)NCc2ccc(O)c(O)c2)CC2/C(=C\c3cc(C(=O)NCc4ccc(O)c(O)c4)ccn3)C(=O)N2[C@H]1C(=O)O. The van der Waals surface area contributed by atoms with Gasteiger partial charge >= 0.3 is 12.1 Å². The molecule has 0 saturated carbocycles. The summed E-state index contributed by atoms with van der Waals surface area (Å²) in [7, 11) is 0. The second-order valence-corrected chi connectivity index (χ2v) is 11.2. The number of benzene rings is 2. The monoisotopic (exact) mass is 618 g/mol. The molecule has 1 aromatic heterocycles. The number of alkyl carbamates (subject to hydrolysis) is 1. The number of carbonyl (C=O) groups excluding carboxylic acids is 3. The molecule has 2 saturated heterocycles. The Kier molecular flexibility index (Phi) is 8.22. The Morgan fingerprint density at radius 2 is 1.58 bits per heavy atom. The molecule has 0 bridgehead atoms. The predicted octanol–water partition coefficient (Wildman–Crippen LogP) is 2.22. The number of fused-ring (bicyclic) bond motifs is 1. The standard InChI is InChI=1S/C31H30N4O10/c1-31(15-45-30(44)34-14-17-3-5-23(37)25(39)9-17)12-21-20(28(41)35(21)26(31)29(42)43)11-19-10-18(6-7-32-19)27(40)33-13-16-2-4-22(36)24(38)8-16/h2-11,21,26,36-39H,12-15H2,1H3,(H,33,40)(H,34,44)(H,42,43)/b20-11+/t21?,26-,31-/m0/s1. The van der Waals surface area contributed by atoms with Gasteiger partial charge in [-0.25, -0.2) is 9.59 Å². The van der Waals surface area contributed by atoms with Gasteiger partial charge in [-0.1, -0.05) is 19.1 Å². The maximum Gasteiger partial charge on any atom is 0.407 e. The normalized spacial score (nSPS) is 21.1. The number of phenolic OH excluding ortho intramolecular Hbond substituents is 4. The summed E-state index contributed by atoms with van der Waals surface area (Å²) in [6.45, 7) is 1.39. The Bertz CT molecular complexity index is 1720. The molecule has 14 nitrogen and oxygen atoms in total. The van der Waals surface area contributed by atoms with E-state index in [4.69, 9.17) is 4.74 Å². The zero-order chi connectivity index (χ0) is 32.5. The largest absolute Gasteiger partial charge is 0.504 e. The quantitative estimate of drug-likeness (QED) is 0.105. The lowest BCUT2D eigenvalue weighted by molar-refractivity contribution is -0.155. The van der Waals surface area contributed by atoms with E-state index in [-0.39, 0.29) is 54.7 Å². The molecule has 2 aliphatic rings. The number of ether oxygens (including phenoxy) is 1. The van der Waals surface area contributed by atoms with E-state index in [2.05, 4.69) is 15.6 Å². The van der Waals surface area contributed by atoms with Crippen molar-refractivity contribution in [3.05, 3.63) is 82.7 Å². The van der Waals surface area contributed by atoms with Gasteiger partial charge in [0.25, 0.3) is 11.8 Å². The van der Waals surface area contributed by atoms with Crippen LogP contribution in [-0.2, 0) is 27.4 Å². The molecule has 0 radical (unpaired) electrons. The molecule has 2 aliphatic heterocycles. The van der Waals surface area contributed by atoms with E-state index in [0.29, 0.717) is 22.4 Å². The van der Waals surface area contributed by atoms with Crippen LogP contribution in [0.4, 0.5) is 4.79 Å². The number of rotatable bonds is 9. The van der Waals surface area contributed by atoms with Crippen molar-refractivity contribution < 1.29 is 49.4 Å². The van der Waals surface area contributed by atoms with Gasteiger partial charge in [0.05, 0.1) is 11.7 Å². The zero-order valence-electron chi connectivity index (χ0n) is 23.9.